The summed E-state index contributed by atoms with van der Waals surface area (Å²) in [5.41, 5.74) is 0.193. The van der Waals surface area contributed by atoms with Crippen molar-refractivity contribution in [1.82, 2.24) is 4.90 Å². The van der Waals surface area contributed by atoms with Gasteiger partial charge in [0.05, 0.1) is 0 Å². The maximum absolute atomic E-state index is 12.4. The molecule has 2 aliphatic heterocycles. The van der Waals surface area contributed by atoms with Gasteiger partial charge >= 0.3 is 5.97 Å². The average molecular weight is 269 g/mol. The fourth-order valence-electron chi connectivity index (χ4n) is 3.00. The van der Waals surface area contributed by atoms with Crippen molar-refractivity contribution in [2.24, 2.45) is 5.41 Å². The molecule has 2 heterocycles. The molecule has 0 aromatic carbocycles. The summed E-state index contributed by atoms with van der Waals surface area (Å²) in [5, 5.41) is 8.89. The summed E-state index contributed by atoms with van der Waals surface area (Å²) in [6.07, 6.45) is 2.82. The minimum Gasteiger partial charge on any atom is -0.479 e. The Balaban J connectivity index is 1.95. The highest BCUT2D eigenvalue weighted by atomic mass is 16.5. The summed E-state index contributed by atoms with van der Waals surface area (Å²) in [6, 6.07) is 0. The van der Waals surface area contributed by atoms with E-state index in [9.17, 15) is 9.59 Å². The number of aliphatic carboxylic acids is 1. The van der Waals surface area contributed by atoms with E-state index >= 15 is 0 Å². The minimum atomic E-state index is -0.965. The number of nitrogens with zero attached hydrogens (tertiary/aromatic N) is 1. The molecular formula is C14H23NO4. The Bertz CT molecular complexity index is 370. The second-order valence-corrected chi connectivity index (χ2v) is 6.06. The number of rotatable bonds is 3. The minimum absolute atomic E-state index is 0.0249. The molecule has 1 N–H and O–H groups in total. The van der Waals surface area contributed by atoms with Crippen LogP contribution < -0.4 is 0 Å². The highest BCUT2D eigenvalue weighted by Crippen LogP contribution is 2.33. The third-order valence-electron chi connectivity index (χ3n) is 4.52. The van der Waals surface area contributed by atoms with E-state index in [1.54, 1.807) is 0 Å². The first-order valence-electron chi connectivity index (χ1n) is 7.12. The number of amides is 1. The van der Waals surface area contributed by atoms with Gasteiger partial charge in [0, 0.05) is 13.1 Å². The van der Waals surface area contributed by atoms with Crippen LogP contribution in [0.25, 0.3) is 0 Å². The van der Waals surface area contributed by atoms with E-state index in [1.807, 2.05) is 4.90 Å². The molecule has 108 valence electrons. The Hall–Kier alpha value is -1.10. The first kappa shape index (κ1) is 14.3. The first-order valence-corrected chi connectivity index (χ1v) is 7.12. The number of carboxylic acid groups (broad SMARTS) is 1. The first-order chi connectivity index (χ1) is 8.95. The fourth-order valence-corrected chi connectivity index (χ4v) is 3.00. The second-order valence-electron chi connectivity index (χ2n) is 6.06. The summed E-state index contributed by atoms with van der Waals surface area (Å²) in [6.45, 7) is 5.90. The molecule has 2 rings (SSSR count). The normalized spacial score (nSPS) is 35.4. The molecule has 1 amide bonds. The molecule has 0 bridgehead atoms. The number of hydrogen-bond acceptors (Lipinski definition) is 3. The zero-order valence-corrected chi connectivity index (χ0v) is 11.7. The van der Waals surface area contributed by atoms with Gasteiger partial charge in [0.2, 0.25) is 0 Å². The average Bonchev–Trinajstić information content (AvgIpc) is 2.87. The Morgan fingerprint density at radius 2 is 2.05 bits per heavy atom. The standard InChI is InChI=1S/C14H23NO4/c1-3-14(2)7-4-8-15(9-14)12(16)10-5-6-11(19-10)13(17)18/h10-11H,3-9H2,1-2H3,(H,17,18)/t10-,11+,14?/m0/s1. The maximum atomic E-state index is 12.4. The number of likely N-dealkylation sites (tertiary alicyclic amines) is 1. The third-order valence-corrected chi connectivity index (χ3v) is 4.52. The summed E-state index contributed by atoms with van der Waals surface area (Å²) in [4.78, 5) is 25.1. The van der Waals surface area contributed by atoms with Gasteiger partial charge in [-0.1, -0.05) is 13.8 Å². The van der Waals surface area contributed by atoms with Crippen molar-refractivity contribution in [2.45, 2.75) is 58.2 Å². The van der Waals surface area contributed by atoms with E-state index in [2.05, 4.69) is 13.8 Å². The molecule has 0 aliphatic carbocycles. The zero-order valence-electron chi connectivity index (χ0n) is 11.7. The van der Waals surface area contributed by atoms with E-state index in [-0.39, 0.29) is 11.3 Å². The lowest BCUT2D eigenvalue weighted by atomic mass is 9.79. The highest BCUT2D eigenvalue weighted by Gasteiger charge is 2.39. The quantitative estimate of drug-likeness (QED) is 0.846. The van der Waals surface area contributed by atoms with Gasteiger partial charge in [-0.15, -0.1) is 0 Å². The van der Waals surface area contributed by atoms with Gasteiger partial charge in [-0.3, -0.25) is 4.79 Å². The van der Waals surface area contributed by atoms with E-state index in [0.29, 0.717) is 12.8 Å². The SMILES string of the molecule is CCC1(C)CCCN(C(=O)[C@@H]2CC[C@H](C(=O)O)O2)C1. The largest absolute Gasteiger partial charge is 0.479 e. The van der Waals surface area contributed by atoms with Crippen LogP contribution >= 0.6 is 0 Å². The van der Waals surface area contributed by atoms with Crippen LogP contribution in [0.4, 0.5) is 0 Å². The smallest absolute Gasteiger partial charge is 0.332 e. The molecule has 2 aliphatic rings. The van der Waals surface area contributed by atoms with Crippen molar-refractivity contribution in [1.29, 1.82) is 0 Å². The summed E-state index contributed by atoms with van der Waals surface area (Å²) in [7, 11) is 0. The summed E-state index contributed by atoms with van der Waals surface area (Å²) >= 11 is 0. The lowest BCUT2D eigenvalue weighted by Crippen LogP contribution is -2.48. The molecule has 2 fully saturated rings. The highest BCUT2D eigenvalue weighted by molar-refractivity contribution is 5.82. The van der Waals surface area contributed by atoms with Crippen LogP contribution in [-0.4, -0.2) is 47.2 Å². The van der Waals surface area contributed by atoms with Crippen LogP contribution in [0.1, 0.15) is 46.0 Å². The maximum Gasteiger partial charge on any atom is 0.332 e. The molecule has 19 heavy (non-hydrogen) atoms. The van der Waals surface area contributed by atoms with Gasteiger partial charge in [-0.25, -0.2) is 4.79 Å². The van der Waals surface area contributed by atoms with E-state index in [1.165, 1.54) is 0 Å². The number of hydrogen-bond donors (Lipinski definition) is 1. The number of carboxylic acids is 1. The second kappa shape index (κ2) is 5.49. The van der Waals surface area contributed by atoms with E-state index in [4.69, 9.17) is 9.84 Å². The van der Waals surface area contributed by atoms with Crippen LogP contribution in [-0.2, 0) is 14.3 Å². The van der Waals surface area contributed by atoms with Gasteiger partial charge in [0.1, 0.15) is 6.10 Å². The molecule has 0 aromatic rings. The predicted octanol–water partition coefficient (Wildman–Crippen LogP) is 1.66. The van der Waals surface area contributed by atoms with Crippen molar-refractivity contribution < 1.29 is 19.4 Å². The Morgan fingerprint density at radius 1 is 1.37 bits per heavy atom. The lowest BCUT2D eigenvalue weighted by Gasteiger charge is -2.40. The number of ether oxygens (including phenoxy) is 1. The number of carbonyl (C=O) groups excluding carboxylic acids is 1. The number of piperidine rings is 1. The summed E-state index contributed by atoms with van der Waals surface area (Å²) < 4.78 is 5.35. The zero-order chi connectivity index (χ0) is 14.0. The van der Waals surface area contributed by atoms with Gasteiger partial charge < -0.3 is 14.7 Å². The van der Waals surface area contributed by atoms with Crippen molar-refractivity contribution in [2.75, 3.05) is 13.1 Å². The molecule has 5 heteroatoms. The van der Waals surface area contributed by atoms with Gasteiger partial charge in [0.25, 0.3) is 5.91 Å². The molecule has 0 aromatic heterocycles. The fraction of sp³-hybridized carbons (Fsp3) is 0.857. The lowest BCUT2D eigenvalue weighted by molar-refractivity contribution is -0.156. The van der Waals surface area contributed by atoms with Crippen LogP contribution in [0.5, 0.6) is 0 Å². The topological polar surface area (TPSA) is 66.8 Å². The van der Waals surface area contributed by atoms with E-state index < -0.39 is 18.2 Å². The monoisotopic (exact) mass is 269 g/mol. The molecule has 2 saturated heterocycles. The molecule has 1 unspecified atom stereocenters. The van der Waals surface area contributed by atoms with Crippen LogP contribution in [0.3, 0.4) is 0 Å². The molecule has 0 radical (unpaired) electrons. The van der Waals surface area contributed by atoms with Crippen molar-refractivity contribution in [3.63, 3.8) is 0 Å². The Kier molecular flexibility index (Phi) is 4.13. The Morgan fingerprint density at radius 3 is 2.63 bits per heavy atom. The van der Waals surface area contributed by atoms with Gasteiger partial charge in [0.15, 0.2) is 6.10 Å². The third kappa shape index (κ3) is 3.08. The molecule has 0 saturated carbocycles. The van der Waals surface area contributed by atoms with Crippen LogP contribution in [0.2, 0.25) is 0 Å². The molecule has 3 atom stereocenters. The van der Waals surface area contributed by atoms with Gasteiger partial charge in [-0.05, 0) is 37.5 Å². The summed E-state index contributed by atoms with van der Waals surface area (Å²) in [5.74, 6) is -0.990. The van der Waals surface area contributed by atoms with Crippen molar-refractivity contribution in [3.05, 3.63) is 0 Å². The molecular weight excluding hydrogens is 246 g/mol. The van der Waals surface area contributed by atoms with Crippen molar-refractivity contribution >= 4 is 11.9 Å². The van der Waals surface area contributed by atoms with Crippen molar-refractivity contribution in [3.8, 4) is 0 Å². The number of carbonyl (C=O) groups is 2. The van der Waals surface area contributed by atoms with E-state index in [0.717, 1.165) is 32.4 Å². The molecule has 0 spiro atoms. The van der Waals surface area contributed by atoms with Crippen LogP contribution in [0.15, 0.2) is 0 Å². The Labute approximate surface area is 113 Å². The van der Waals surface area contributed by atoms with Gasteiger partial charge in [-0.2, -0.15) is 0 Å². The molecule has 5 nitrogen and oxygen atoms in total. The predicted molar refractivity (Wildman–Crippen MR) is 69.7 cm³/mol. The van der Waals surface area contributed by atoms with Crippen LogP contribution in [0, 0.1) is 5.41 Å².